The molecule has 1 aromatic rings. The molecule has 1 unspecified atom stereocenters. The van der Waals surface area contributed by atoms with Crippen LogP contribution in [-0.4, -0.2) is 26.9 Å². The summed E-state index contributed by atoms with van der Waals surface area (Å²) in [5.41, 5.74) is 1.23. The Morgan fingerprint density at radius 2 is 1.77 bits per heavy atom. The van der Waals surface area contributed by atoms with Crippen molar-refractivity contribution in [3.05, 3.63) is 24.3 Å². The number of halogens is 3. The normalized spacial score (nSPS) is 12.0. The third-order valence-electron chi connectivity index (χ3n) is 3.11. The Morgan fingerprint density at radius 1 is 1.15 bits per heavy atom. The van der Waals surface area contributed by atoms with Gasteiger partial charge in [-0.05, 0) is 36.8 Å². The van der Waals surface area contributed by atoms with E-state index in [1.165, 1.54) is 6.92 Å². The summed E-state index contributed by atoms with van der Waals surface area (Å²) in [5.74, 6) is -0.431. The van der Waals surface area contributed by atoms with Crippen molar-refractivity contribution in [2.75, 3.05) is 10.6 Å². The lowest BCUT2D eigenvalue weighted by Gasteiger charge is -2.27. The Kier molecular flexibility index (Phi) is 9.43. The first kappa shape index (κ1) is 22.8. The number of hydrogen-bond donors (Lipinski definition) is 4. The first-order chi connectivity index (χ1) is 12.1. The van der Waals surface area contributed by atoms with E-state index in [9.17, 15) is 9.59 Å². The van der Waals surface area contributed by atoms with Gasteiger partial charge in [-0.1, -0.05) is 54.2 Å². The molecule has 1 rings (SSSR count). The van der Waals surface area contributed by atoms with Gasteiger partial charge in [0.2, 0.25) is 15.6 Å². The largest absolute Gasteiger partial charge is 0.339 e. The highest BCUT2D eigenvalue weighted by Crippen LogP contribution is 2.29. The van der Waals surface area contributed by atoms with Gasteiger partial charge < -0.3 is 21.3 Å². The highest BCUT2D eigenvalue weighted by Gasteiger charge is 2.34. The minimum Gasteiger partial charge on any atom is -0.339 e. The van der Waals surface area contributed by atoms with Gasteiger partial charge in [0.25, 0.3) is 0 Å². The Labute approximate surface area is 173 Å². The minimum atomic E-state index is -1.80. The number of rotatable bonds is 7. The number of carbonyl (C=O) groups is 2. The van der Waals surface area contributed by atoms with E-state index in [1.54, 1.807) is 24.3 Å². The predicted octanol–water partition coefficient (Wildman–Crippen LogP) is 3.93. The second-order valence-corrected chi connectivity index (χ2v) is 8.28. The average molecular weight is 440 g/mol. The molecule has 4 N–H and O–H groups in total. The van der Waals surface area contributed by atoms with Gasteiger partial charge in [-0.15, -0.1) is 0 Å². The van der Waals surface area contributed by atoms with Crippen molar-refractivity contribution >= 4 is 75.3 Å². The van der Waals surface area contributed by atoms with Gasteiger partial charge in [0.05, 0.1) is 0 Å². The SMILES string of the molecule is CCCCC(=O)NC(NC(=S)Nc1cccc(NC(C)=O)c1)C(Cl)(Cl)Cl. The number of alkyl halides is 3. The fourth-order valence-corrected chi connectivity index (χ4v) is 2.51. The molecule has 0 spiro atoms. The number of amides is 2. The summed E-state index contributed by atoms with van der Waals surface area (Å²) in [5, 5.41) is 11.1. The second kappa shape index (κ2) is 10.8. The fraction of sp³-hybridized carbons (Fsp3) is 0.438. The Morgan fingerprint density at radius 3 is 2.31 bits per heavy atom. The number of hydrogen-bond acceptors (Lipinski definition) is 3. The van der Waals surface area contributed by atoms with E-state index < -0.39 is 9.96 Å². The Balaban J connectivity index is 2.72. The molecule has 0 aliphatic heterocycles. The first-order valence-corrected chi connectivity index (χ1v) is 9.47. The standard InChI is InChI=1S/C16H21Cl3N4O2S/c1-3-4-8-13(25)22-14(16(17,18)19)23-15(26)21-12-7-5-6-11(9-12)20-10(2)24/h5-7,9,14H,3-4,8H2,1-2H3,(H,20,24)(H,22,25)(H2,21,23,26). The molecule has 0 radical (unpaired) electrons. The molecular formula is C16H21Cl3N4O2S. The summed E-state index contributed by atoms with van der Waals surface area (Å²) >= 11 is 23.0. The highest BCUT2D eigenvalue weighted by atomic mass is 35.6. The number of unbranched alkanes of at least 4 members (excludes halogenated alkanes) is 1. The smallest absolute Gasteiger partial charge is 0.228 e. The molecule has 2 amide bonds. The molecular weight excluding hydrogens is 419 g/mol. The van der Waals surface area contributed by atoms with Crippen LogP contribution in [0.5, 0.6) is 0 Å². The van der Waals surface area contributed by atoms with Crippen LogP contribution in [0.2, 0.25) is 0 Å². The fourth-order valence-electron chi connectivity index (χ4n) is 1.95. The maximum atomic E-state index is 11.9. The van der Waals surface area contributed by atoms with Crippen molar-refractivity contribution in [1.29, 1.82) is 0 Å². The number of anilines is 2. The van der Waals surface area contributed by atoms with Crippen molar-refractivity contribution in [1.82, 2.24) is 10.6 Å². The monoisotopic (exact) mass is 438 g/mol. The molecule has 0 heterocycles. The summed E-state index contributed by atoms with van der Waals surface area (Å²) in [6, 6.07) is 6.93. The van der Waals surface area contributed by atoms with Gasteiger partial charge in [0, 0.05) is 24.7 Å². The van der Waals surface area contributed by atoms with Crippen molar-refractivity contribution in [2.24, 2.45) is 0 Å². The van der Waals surface area contributed by atoms with Crippen LogP contribution in [-0.2, 0) is 9.59 Å². The van der Waals surface area contributed by atoms with Crippen LogP contribution in [0.15, 0.2) is 24.3 Å². The van der Waals surface area contributed by atoms with Gasteiger partial charge in [-0.3, -0.25) is 9.59 Å². The lowest BCUT2D eigenvalue weighted by atomic mass is 10.2. The molecule has 144 valence electrons. The van der Waals surface area contributed by atoms with Gasteiger partial charge in [-0.25, -0.2) is 0 Å². The molecule has 0 aliphatic carbocycles. The summed E-state index contributed by atoms with van der Waals surface area (Å²) in [4.78, 5) is 23.0. The van der Waals surface area contributed by atoms with Gasteiger partial charge in [0.15, 0.2) is 5.11 Å². The zero-order valence-electron chi connectivity index (χ0n) is 14.4. The maximum Gasteiger partial charge on any atom is 0.228 e. The molecule has 0 saturated carbocycles. The van der Waals surface area contributed by atoms with E-state index in [4.69, 9.17) is 47.0 Å². The van der Waals surface area contributed by atoms with Crippen LogP contribution < -0.4 is 21.3 Å². The number of carbonyl (C=O) groups excluding carboxylic acids is 2. The molecule has 0 aliphatic rings. The van der Waals surface area contributed by atoms with E-state index in [0.717, 1.165) is 12.8 Å². The van der Waals surface area contributed by atoms with Gasteiger partial charge in [0.1, 0.15) is 6.17 Å². The van der Waals surface area contributed by atoms with E-state index in [2.05, 4.69) is 21.3 Å². The lowest BCUT2D eigenvalue weighted by molar-refractivity contribution is -0.122. The maximum absolute atomic E-state index is 11.9. The van der Waals surface area contributed by atoms with Crippen LogP contribution >= 0.6 is 47.0 Å². The van der Waals surface area contributed by atoms with Crippen molar-refractivity contribution in [3.8, 4) is 0 Å². The average Bonchev–Trinajstić information content (AvgIpc) is 2.51. The molecule has 0 bridgehead atoms. The van der Waals surface area contributed by atoms with Crippen LogP contribution in [0.3, 0.4) is 0 Å². The third kappa shape index (κ3) is 8.89. The van der Waals surface area contributed by atoms with Crippen molar-refractivity contribution < 1.29 is 9.59 Å². The molecule has 10 heteroatoms. The number of benzene rings is 1. The predicted molar refractivity (Wildman–Crippen MR) is 112 cm³/mol. The van der Waals surface area contributed by atoms with Crippen LogP contribution in [0.4, 0.5) is 11.4 Å². The van der Waals surface area contributed by atoms with E-state index >= 15 is 0 Å². The summed E-state index contributed by atoms with van der Waals surface area (Å²) < 4.78 is -1.80. The lowest BCUT2D eigenvalue weighted by Crippen LogP contribution is -2.56. The van der Waals surface area contributed by atoms with E-state index in [1.807, 2.05) is 6.92 Å². The number of thiocarbonyl (C=S) groups is 1. The first-order valence-electron chi connectivity index (χ1n) is 7.93. The molecule has 0 saturated heterocycles. The Bertz CT molecular complexity index is 653. The zero-order valence-corrected chi connectivity index (χ0v) is 17.5. The zero-order chi connectivity index (χ0) is 19.7. The minimum absolute atomic E-state index is 0.150. The third-order valence-corrected chi connectivity index (χ3v) is 3.98. The molecule has 1 aromatic carbocycles. The molecule has 26 heavy (non-hydrogen) atoms. The van der Waals surface area contributed by atoms with Crippen LogP contribution in [0, 0.1) is 0 Å². The van der Waals surface area contributed by atoms with E-state index in [0.29, 0.717) is 17.8 Å². The van der Waals surface area contributed by atoms with Crippen LogP contribution in [0.25, 0.3) is 0 Å². The van der Waals surface area contributed by atoms with Crippen molar-refractivity contribution in [3.63, 3.8) is 0 Å². The summed E-state index contributed by atoms with van der Waals surface area (Å²) in [6.07, 6.45) is 0.936. The van der Waals surface area contributed by atoms with Crippen molar-refractivity contribution in [2.45, 2.75) is 43.1 Å². The summed E-state index contributed by atoms with van der Waals surface area (Å²) in [6.45, 7) is 3.39. The van der Waals surface area contributed by atoms with Crippen LogP contribution in [0.1, 0.15) is 33.1 Å². The quantitative estimate of drug-likeness (QED) is 0.294. The topological polar surface area (TPSA) is 82.3 Å². The molecule has 0 aromatic heterocycles. The number of nitrogens with one attached hydrogen (secondary N) is 4. The Hall–Kier alpha value is -1.28. The van der Waals surface area contributed by atoms with Gasteiger partial charge in [-0.2, -0.15) is 0 Å². The highest BCUT2D eigenvalue weighted by molar-refractivity contribution is 7.80. The second-order valence-electron chi connectivity index (χ2n) is 5.51. The molecule has 0 fully saturated rings. The summed E-state index contributed by atoms with van der Waals surface area (Å²) in [7, 11) is 0. The van der Waals surface area contributed by atoms with Gasteiger partial charge >= 0.3 is 0 Å². The molecule has 6 nitrogen and oxygen atoms in total. The molecule has 1 atom stereocenters. The van der Waals surface area contributed by atoms with E-state index in [-0.39, 0.29) is 16.9 Å².